The maximum absolute atomic E-state index is 10.8. The van der Waals surface area contributed by atoms with Gasteiger partial charge in [0.25, 0.3) is 0 Å². The van der Waals surface area contributed by atoms with Crippen molar-refractivity contribution in [2.45, 2.75) is 23.2 Å². The van der Waals surface area contributed by atoms with Gasteiger partial charge in [-0.25, -0.2) is 0 Å². The first-order valence-corrected chi connectivity index (χ1v) is 5.60. The molecule has 0 aromatic rings. The van der Waals surface area contributed by atoms with E-state index >= 15 is 0 Å². The molecule has 0 amide bonds. The standard InChI is InChI=1S/C9H10BrClO2/c1-4(12)13-9-7-5(8(9)11)2-3-6(7)10/h2-3,5-9H,1H3/t5-,6+,7-,8-,9+/m0/s1. The monoisotopic (exact) mass is 264 g/mol. The van der Waals surface area contributed by atoms with E-state index < -0.39 is 0 Å². The first-order valence-electron chi connectivity index (χ1n) is 4.25. The second-order valence-electron chi connectivity index (χ2n) is 3.50. The second kappa shape index (κ2) is 3.28. The van der Waals surface area contributed by atoms with E-state index in [1.54, 1.807) is 0 Å². The summed E-state index contributed by atoms with van der Waals surface area (Å²) in [7, 11) is 0. The number of esters is 1. The molecule has 0 heterocycles. The number of carbonyl (C=O) groups is 1. The zero-order valence-electron chi connectivity index (χ0n) is 7.11. The molecule has 1 saturated carbocycles. The fourth-order valence-corrected chi connectivity index (χ4v) is 3.34. The Morgan fingerprint density at radius 3 is 2.85 bits per heavy atom. The number of ether oxygens (including phenoxy) is 1. The first kappa shape index (κ1) is 9.53. The molecule has 0 spiro atoms. The van der Waals surface area contributed by atoms with E-state index in [9.17, 15) is 4.79 Å². The molecular weight excluding hydrogens is 255 g/mol. The lowest BCUT2D eigenvalue weighted by Crippen LogP contribution is -2.54. The van der Waals surface area contributed by atoms with Crippen LogP contribution in [0, 0.1) is 11.8 Å². The molecule has 0 aliphatic heterocycles. The van der Waals surface area contributed by atoms with Crippen molar-refractivity contribution in [1.29, 1.82) is 0 Å². The Bertz CT molecular complexity index is 266. The second-order valence-corrected chi connectivity index (χ2v) is 5.06. The Hall–Kier alpha value is -0.0200. The van der Waals surface area contributed by atoms with Gasteiger partial charge in [-0.1, -0.05) is 28.1 Å². The van der Waals surface area contributed by atoms with Crippen molar-refractivity contribution in [1.82, 2.24) is 0 Å². The highest BCUT2D eigenvalue weighted by molar-refractivity contribution is 9.09. The first-order chi connectivity index (χ1) is 6.11. The SMILES string of the molecule is CC(=O)O[C@H]1[C@@H](Cl)[C@H]2C=C[C@@H](Br)[C@H]21. The molecule has 5 atom stereocenters. The van der Waals surface area contributed by atoms with Gasteiger partial charge < -0.3 is 4.74 Å². The summed E-state index contributed by atoms with van der Waals surface area (Å²) in [6.07, 6.45) is 4.05. The van der Waals surface area contributed by atoms with Gasteiger partial charge in [-0.3, -0.25) is 4.79 Å². The third-order valence-electron chi connectivity index (χ3n) is 2.69. The number of allylic oxidation sites excluding steroid dienone is 2. The van der Waals surface area contributed by atoms with E-state index in [0.717, 1.165) is 0 Å². The van der Waals surface area contributed by atoms with Crippen molar-refractivity contribution in [3.8, 4) is 0 Å². The maximum Gasteiger partial charge on any atom is 0.302 e. The fourth-order valence-electron chi connectivity index (χ4n) is 2.04. The van der Waals surface area contributed by atoms with E-state index in [-0.39, 0.29) is 17.5 Å². The van der Waals surface area contributed by atoms with E-state index in [2.05, 4.69) is 28.1 Å². The number of alkyl halides is 2. The Balaban J connectivity index is 2.04. The van der Waals surface area contributed by atoms with E-state index in [1.807, 2.05) is 0 Å². The van der Waals surface area contributed by atoms with Crippen LogP contribution in [0.4, 0.5) is 0 Å². The van der Waals surface area contributed by atoms with Crippen LogP contribution in [-0.4, -0.2) is 22.3 Å². The third-order valence-corrected chi connectivity index (χ3v) is 4.15. The molecule has 0 saturated heterocycles. The van der Waals surface area contributed by atoms with Crippen molar-refractivity contribution in [2.24, 2.45) is 11.8 Å². The smallest absolute Gasteiger partial charge is 0.302 e. The van der Waals surface area contributed by atoms with Crippen molar-refractivity contribution in [3.05, 3.63) is 12.2 Å². The summed E-state index contributed by atoms with van der Waals surface area (Å²) in [5.41, 5.74) is 0. The fraction of sp³-hybridized carbons (Fsp3) is 0.667. The lowest BCUT2D eigenvalue weighted by Gasteiger charge is -2.45. The van der Waals surface area contributed by atoms with Crippen LogP contribution >= 0.6 is 27.5 Å². The van der Waals surface area contributed by atoms with Crippen LogP contribution in [0.5, 0.6) is 0 Å². The summed E-state index contributed by atoms with van der Waals surface area (Å²) in [6, 6.07) is 0. The van der Waals surface area contributed by atoms with Crippen LogP contribution in [0.25, 0.3) is 0 Å². The topological polar surface area (TPSA) is 26.3 Å². The summed E-state index contributed by atoms with van der Waals surface area (Å²) < 4.78 is 5.14. The largest absolute Gasteiger partial charge is 0.461 e. The predicted molar refractivity (Wildman–Crippen MR) is 54.0 cm³/mol. The molecular formula is C9H10BrClO2. The van der Waals surface area contributed by atoms with Gasteiger partial charge >= 0.3 is 5.97 Å². The zero-order valence-corrected chi connectivity index (χ0v) is 9.46. The minimum atomic E-state index is -0.249. The van der Waals surface area contributed by atoms with Gasteiger partial charge in [0.2, 0.25) is 0 Å². The Morgan fingerprint density at radius 2 is 2.23 bits per heavy atom. The predicted octanol–water partition coefficient (Wildman–Crippen LogP) is 2.10. The number of carbonyl (C=O) groups excluding carboxylic acids is 1. The van der Waals surface area contributed by atoms with Crippen LogP contribution in [0.1, 0.15) is 6.92 Å². The molecule has 0 bridgehead atoms. The number of hydrogen-bond donors (Lipinski definition) is 0. The number of halogens is 2. The van der Waals surface area contributed by atoms with Crippen LogP contribution in [-0.2, 0) is 9.53 Å². The molecule has 72 valence electrons. The molecule has 2 aliphatic rings. The van der Waals surface area contributed by atoms with Gasteiger partial charge in [-0.15, -0.1) is 11.6 Å². The van der Waals surface area contributed by atoms with Gasteiger partial charge in [0, 0.05) is 23.6 Å². The Labute approximate surface area is 90.4 Å². The molecule has 2 rings (SSSR count). The normalized spacial score (nSPS) is 46.8. The lowest BCUT2D eigenvalue weighted by molar-refractivity contribution is -0.156. The molecule has 4 heteroatoms. The van der Waals surface area contributed by atoms with Crippen LogP contribution in [0.3, 0.4) is 0 Å². The molecule has 0 aromatic carbocycles. The highest BCUT2D eigenvalue weighted by Gasteiger charge is 2.55. The van der Waals surface area contributed by atoms with Crippen LogP contribution in [0.2, 0.25) is 0 Å². The van der Waals surface area contributed by atoms with Crippen molar-refractivity contribution in [2.75, 3.05) is 0 Å². The highest BCUT2D eigenvalue weighted by atomic mass is 79.9. The third kappa shape index (κ3) is 1.42. The number of hydrogen-bond acceptors (Lipinski definition) is 2. The average molecular weight is 266 g/mol. The van der Waals surface area contributed by atoms with E-state index in [4.69, 9.17) is 16.3 Å². The molecule has 2 nitrogen and oxygen atoms in total. The average Bonchev–Trinajstić information content (AvgIpc) is 2.39. The van der Waals surface area contributed by atoms with Crippen LogP contribution in [0.15, 0.2) is 12.2 Å². The molecule has 0 aromatic heterocycles. The summed E-state index contributed by atoms with van der Waals surface area (Å²) in [6.45, 7) is 1.42. The molecule has 13 heavy (non-hydrogen) atoms. The van der Waals surface area contributed by atoms with Crippen molar-refractivity contribution < 1.29 is 9.53 Å². The molecule has 2 aliphatic carbocycles. The molecule has 0 N–H and O–H groups in total. The maximum atomic E-state index is 10.8. The number of fused-ring (bicyclic) bond motifs is 1. The van der Waals surface area contributed by atoms with Crippen LogP contribution < -0.4 is 0 Å². The number of rotatable bonds is 1. The Morgan fingerprint density at radius 1 is 1.54 bits per heavy atom. The van der Waals surface area contributed by atoms with Gasteiger partial charge in [0.05, 0.1) is 5.38 Å². The summed E-state index contributed by atoms with van der Waals surface area (Å²) >= 11 is 9.59. The molecule has 0 radical (unpaired) electrons. The van der Waals surface area contributed by atoms with Crippen molar-refractivity contribution >= 4 is 33.5 Å². The van der Waals surface area contributed by atoms with Gasteiger partial charge in [-0.05, 0) is 0 Å². The minimum absolute atomic E-state index is 0.0484. The van der Waals surface area contributed by atoms with Gasteiger partial charge in [0.15, 0.2) is 0 Å². The highest BCUT2D eigenvalue weighted by Crippen LogP contribution is 2.50. The van der Waals surface area contributed by atoms with E-state index in [0.29, 0.717) is 16.7 Å². The molecule has 0 unspecified atom stereocenters. The molecule has 1 fully saturated rings. The minimum Gasteiger partial charge on any atom is -0.461 e. The Kier molecular flexibility index (Phi) is 2.41. The zero-order chi connectivity index (χ0) is 9.59. The van der Waals surface area contributed by atoms with E-state index in [1.165, 1.54) is 6.92 Å². The lowest BCUT2D eigenvalue weighted by atomic mass is 9.72. The quantitative estimate of drug-likeness (QED) is 0.412. The summed E-state index contributed by atoms with van der Waals surface area (Å²) in [5.74, 6) is 0.461. The van der Waals surface area contributed by atoms with Gasteiger partial charge in [-0.2, -0.15) is 0 Å². The summed E-state index contributed by atoms with van der Waals surface area (Å²) in [5, 5.41) is -0.0484. The van der Waals surface area contributed by atoms with Crippen molar-refractivity contribution in [3.63, 3.8) is 0 Å². The summed E-state index contributed by atoms with van der Waals surface area (Å²) in [4.78, 5) is 11.1. The van der Waals surface area contributed by atoms with Gasteiger partial charge in [0.1, 0.15) is 6.10 Å².